The van der Waals surface area contributed by atoms with Gasteiger partial charge in [0, 0.05) is 18.5 Å². The molecule has 0 aliphatic rings. The van der Waals surface area contributed by atoms with Crippen molar-refractivity contribution in [2.45, 2.75) is 6.92 Å². The van der Waals surface area contributed by atoms with Crippen LogP contribution in [0.5, 0.6) is 11.5 Å². The molecule has 0 fully saturated rings. The molecule has 25 heavy (non-hydrogen) atoms. The molecule has 0 atom stereocenters. The quantitative estimate of drug-likeness (QED) is 0.554. The third kappa shape index (κ3) is 3.47. The topological polar surface area (TPSA) is 75.8 Å². The molecule has 6 heteroatoms. The van der Waals surface area contributed by atoms with E-state index in [1.807, 2.05) is 31.2 Å². The van der Waals surface area contributed by atoms with Gasteiger partial charge in [0.25, 0.3) is 5.56 Å². The Hall–Kier alpha value is -3.28. The van der Waals surface area contributed by atoms with Crippen molar-refractivity contribution in [3.63, 3.8) is 0 Å². The summed E-state index contributed by atoms with van der Waals surface area (Å²) in [7, 11) is 1.74. The van der Waals surface area contributed by atoms with Crippen molar-refractivity contribution in [3.05, 3.63) is 64.4 Å². The fraction of sp³-hybridized carbons (Fsp3) is 0.158. The van der Waals surface area contributed by atoms with E-state index in [1.54, 1.807) is 36.0 Å². The molecule has 1 heterocycles. The molecule has 0 spiro atoms. The lowest BCUT2D eigenvalue weighted by molar-refractivity contribution is 0.318. The molecule has 0 unspecified atom stereocenters. The van der Waals surface area contributed by atoms with E-state index in [1.165, 1.54) is 6.07 Å². The van der Waals surface area contributed by atoms with Gasteiger partial charge in [-0.05, 0) is 36.8 Å². The number of hydrogen-bond donors (Lipinski definition) is 2. The van der Waals surface area contributed by atoms with Crippen LogP contribution < -0.4 is 15.7 Å². The van der Waals surface area contributed by atoms with Crippen LogP contribution in [0.15, 0.2) is 58.4 Å². The highest BCUT2D eigenvalue weighted by atomic mass is 16.5. The number of anilines is 1. The molecule has 0 radical (unpaired) electrons. The first-order valence-corrected chi connectivity index (χ1v) is 7.94. The predicted molar refractivity (Wildman–Crippen MR) is 99.7 cm³/mol. The first-order valence-electron chi connectivity index (χ1n) is 7.94. The Morgan fingerprint density at radius 3 is 2.84 bits per heavy atom. The summed E-state index contributed by atoms with van der Waals surface area (Å²) in [6.45, 7) is 2.31. The number of benzene rings is 2. The highest BCUT2D eigenvalue weighted by Crippen LogP contribution is 2.26. The fourth-order valence-corrected chi connectivity index (χ4v) is 2.56. The van der Waals surface area contributed by atoms with Crippen LogP contribution in [0.3, 0.4) is 0 Å². The van der Waals surface area contributed by atoms with E-state index in [9.17, 15) is 9.90 Å². The van der Waals surface area contributed by atoms with Crippen LogP contribution >= 0.6 is 0 Å². The number of hydrogen-bond acceptors (Lipinski definition) is 5. The van der Waals surface area contributed by atoms with Gasteiger partial charge in [-0.1, -0.05) is 18.2 Å². The second-order valence-corrected chi connectivity index (χ2v) is 5.50. The van der Waals surface area contributed by atoms with Crippen molar-refractivity contribution in [2.75, 3.05) is 12.0 Å². The molecule has 2 aromatic carbocycles. The minimum absolute atomic E-state index is 0.0875. The first-order chi connectivity index (χ1) is 12.1. The number of fused-ring (bicyclic) bond motifs is 1. The number of hydrazone groups is 1. The van der Waals surface area contributed by atoms with E-state index < -0.39 is 0 Å². The van der Waals surface area contributed by atoms with Crippen LogP contribution in [-0.2, 0) is 7.05 Å². The zero-order valence-electron chi connectivity index (χ0n) is 14.1. The molecule has 0 aliphatic carbocycles. The van der Waals surface area contributed by atoms with Gasteiger partial charge in [-0.25, -0.2) is 0 Å². The van der Waals surface area contributed by atoms with E-state index in [2.05, 4.69) is 10.5 Å². The van der Waals surface area contributed by atoms with Crippen molar-refractivity contribution in [3.8, 4) is 11.5 Å². The first kappa shape index (κ1) is 16.6. The zero-order valence-corrected chi connectivity index (χ0v) is 14.1. The van der Waals surface area contributed by atoms with Crippen molar-refractivity contribution >= 4 is 22.8 Å². The van der Waals surface area contributed by atoms with E-state index >= 15 is 0 Å². The van der Waals surface area contributed by atoms with Crippen LogP contribution in [0.4, 0.5) is 5.69 Å². The number of nitrogens with one attached hydrogen (secondary N) is 1. The van der Waals surface area contributed by atoms with Gasteiger partial charge in [-0.2, -0.15) is 5.10 Å². The number of rotatable bonds is 5. The number of para-hydroxylation sites is 1. The molecule has 128 valence electrons. The van der Waals surface area contributed by atoms with E-state index in [-0.39, 0.29) is 11.3 Å². The Kier molecular flexibility index (Phi) is 4.70. The number of nitrogens with zero attached hydrogens (tertiary/aromatic N) is 2. The molecule has 3 aromatic rings. The smallest absolute Gasteiger partial charge is 0.252 e. The second-order valence-electron chi connectivity index (χ2n) is 5.50. The van der Waals surface area contributed by atoms with Crippen LogP contribution in [0.2, 0.25) is 0 Å². The summed E-state index contributed by atoms with van der Waals surface area (Å²) in [5, 5.41) is 14.8. The van der Waals surface area contributed by atoms with Crippen LogP contribution in [-0.4, -0.2) is 22.5 Å². The van der Waals surface area contributed by atoms with Gasteiger partial charge in [0.15, 0.2) is 11.5 Å². The summed E-state index contributed by atoms with van der Waals surface area (Å²) in [6.07, 6.45) is 1.61. The zero-order chi connectivity index (χ0) is 17.8. The molecule has 0 bridgehead atoms. The van der Waals surface area contributed by atoms with Crippen LogP contribution in [0.1, 0.15) is 12.5 Å². The van der Waals surface area contributed by atoms with E-state index in [0.717, 1.165) is 16.5 Å². The molecule has 6 nitrogen and oxygen atoms in total. The molecule has 0 aliphatic heterocycles. The maximum absolute atomic E-state index is 12.1. The second kappa shape index (κ2) is 7.09. The molecule has 0 amide bonds. The van der Waals surface area contributed by atoms with Gasteiger partial charge in [0.05, 0.1) is 24.0 Å². The highest BCUT2D eigenvalue weighted by Gasteiger charge is 2.05. The molecule has 2 N–H and O–H groups in total. The average Bonchev–Trinajstić information content (AvgIpc) is 2.62. The minimum Gasteiger partial charge on any atom is -0.504 e. The monoisotopic (exact) mass is 337 g/mol. The van der Waals surface area contributed by atoms with Crippen molar-refractivity contribution in [2.24, 2.45) is 12.1 Å². The third-order valence-corrected chi connectivity index (χ3v) is 3.84. The average molecular weight is 337 g/mol. The number of pyridine rings is 1. The summed E-state index contributed by atoms with van der Waals surface area (Å²) < 4.78 is 6.95. The lowest BCUT2D eigenvalue weighted by atomic mass is 10.2. The lowest BCUT2D eigenvalue weighted by Crippen LogP contribution is -2.16. The number of phenols is 1. The van der Waals surface area contributed by atoms with Gasteiger partial charge >= 0.3 is 0 Å². The number of phenolic OH excluding ortho intramolecular Hbond substituents is 1. The molecular weight excluding hydrogens is 318 g/mol. The highest BCUT2D eigenvalue weighted by molar-refractivity contribution is 5.92. The molecule has 0 saturated carbocycles. The van der Waals surface area contributed by atoms with Gasteiger partial charge in [0.1, 0.15) is 0 Å². The Labute approximate surface area is 145 Å². The SMILES string of the molecule is CCOc1cc(C=NNc2cc(=O)n(C)c3ccccc23)ccc1O. The van der Waals surface area contributed by atoms with Gasteiger partial charge < -0.3 is 14.4 Å². The molecule has 0 saturated heterocycles. The summed E-state index contributed by atoms with van der Waals surface area (Å²) in [5.41, 5.74) is 5.04. The normalized spacial score (nSPS) is 11.1. The van der Waals surface area contributed by atoms with E-state index in [0.29, 0.717) is 18.0 Å². The van der Waals surface area contributed by atoms with Crippen molar-refractivity contribution in [1.29, 1.82) is 0 Å². The largest absolute Gasteiger partial charge is 0.504 e. The molecule has 3 rings (SSSR count). The van der Waals surface area contributed by atoms with Crippen LogP contribution in [0.25, 0.3) is 10.9 Å². The van der Waals surface area contributed by atoms with Gasteiger partial charge in [0.2, 0.25) is 0 Å². The predicted octanol–water partition coefficient (Wildman–Crippen LogP) is 3.09. The summed E-state index contributed by atoms with van der Waals surface area (Å²) >= 11 is 0. The number of ether oxygens (including phenoxy) is 1. The summed E-state index contributed by atoms with van der Waals surface area (Å²) in [5.74, 6) is 0.495. The minimum atomic E-state index is -0.111. The lowest BCUT2D eigenvalue weighted by Gasteiger charge is -2.09. The van der Waals surface area contributed by atoms with E-state index in [4.69, 9.17) is 4.74 Å². The van der Waals surface area contributed by atoms with Crippen molar-refractivity contribution < 1.29 is 9.84 Å². The van der Waals surface area contributed by atoms with Gasteiger partial charge in [-0.3, -0.25) is 10.2 Å². The standard InChI is InChI=1S/C19H19N3O3/c1-3-25-18-10-13(8-9-17(18)23)12-20-21-15-11-19(24)22(2)16-7-5-4-6-14(15)16/h4-12,21,23H,3H2,1-2H3. The number of aromatic hydroxyl groups is 1. The Bertz CT molecular complexity index is 993. The summed E-state index contributed by atoms with van der Waals surface area (Å²) in [6, 6.07) is 14.1. The molecule has 1 aromatic heterocycles. The maximum Gasteiger partial charge on any atom is 0.252 e. The molecular formula is C19H19N3O3. The summed E-state index contributed by atoms with van der Waals surface area (Å²) in [4.78, 5) is 12.1. The fourth-order valence-electron chi connectivity index (χ4n) is 2.56. The Morgan fingerprint density at radius 1 is 1.24 bits per heavy atom. The van der Waals surface area contributed by atoms with Gasteiger partial charge in [-0.15, -0.1) is 0 Å². The Morgan fingerprint density at radius 2 is 2.04 bits per heavy atom. The van der Waals surface area contributed by atoms with Crippen LogP contribution in [0, 0.1) is 0 Å². The van der Waals surface area contributed by atoms with Crippen molar-refractivity contribution in [1.82, 2.24) is 4.57 Å². The Balaban J connectivity index is 1.88. The third-order valence-electron chi connectivity index (χ3n) is 3.84. The maximum atomic E-state index is 12.1. The number of aryl methyl sites for hydroxylation is 1. The number of aromatic nitrogens is 1.